The van der Waals surface area contributed by atoms with Crippen molar-refractivity contribution in [2.75, 3.05) is 0 Å². The standard InChI is InChI=1S/C21H19Cl2N5O/c1-12-4-2-6-17(24-12)19-25-26-20-18-7-3-5-14(11-27(19)20)28(18)21(29)15-9-8-13(22)10-16(15)23/h2,4,6,8-10,14,18H,3,5,7,11H2,1H3. The van der Waals surface area contributed by atoms with Gasteiger partial charge in [-0.25, -0.2) is 4.98 Å². The molecule has 2 unspecified atom stereocenters. The molecule has 3 aromatic rings. The SMILES string of the molecule is Cc1cccc(-c2nnc3n2CC2CCCC3N2C(=O)c2ccc(Cl)cc2Cl)n1. The fourth-order valence-electron chi connectivity index (χ4n) is 4.43. The summed E-state index contributed by atoms with van der Waals surface area (Å²) in [5.41, 5.74) is 2.22. The third kappa shape index (κ3) is 3.11. The third-order valence-corrected chi connectivity index (χ3v) is 6.28. The number of piperidine rings is 1. The molecule has 0 saturated carbocycles. The molecule has 1 amide bonds. The van der Waals surface area contributed by atoms with Gasteiger partial charge in [-0.15, -0.1) is 10.2 Å². The van der Waals surface area contributed by atoms with E-state index in [-0.39, 0.29) is 18.0 Å². The zero-order valence-electron chi connectivity index (χ0n) is 15.8. The Morgan fingerprint density at radius 2 is 2.00 bits per heavy atom. The zero-order chi connectivity index (χ0) is 20.1. The van der Waals surface area contributed by atoms with Gasteiger partial charge in [-0.3, -0.25) is 4.79 Å². The van der Waals surface area contributed by atoms with Crippen molar-refractivity contribution in [1.29, 1.82) is 0 Å². The van der Waals surface area contributed by atoms with Crippen LogP contribution in [0.25, 0.3) is 11.5 Å². The summed E-state index contributed by atoms with van der Waals surface area (Å²) in [7, 11) is 0. The quantitative estimate of drug-likeness (QED) is 0.594. The number of amides is 1. The molecule has 2 aliphatic heterocycles. The van der Waals surface area contributed by atoms with E-state index < -0.39 is 0 Å². The van der Waals surface area contributed by atoms with Gasteiger partial charge in [-0.05, 0) is 56.5 Å². The Bertz CT molecular complexity index is 1110. The number of carbonyl (C=O) groups is 1. The highest BCUT2D eigenvalue weighted by Gasteiger charge is 2.43. The van der Waals surface area contributed by atoms with Gasteiger partial charge >= 0.3 is 0 Å². The predicted molar refractivity (Wildman–Crippen MR) is 111 cm³/mol. The first-order valence-corrected chi connectivity index (χ1v) is 10.4. The average Bonchev–Trinajstić information content (AvgIpc) is 3.10. The molecule has 0 N–H and O–H groups in total. The summed E-state index contributed by atoms with van der Waals surface area (Å²) in [6.45, 7) is 2.61. The topological polar surface area (TPSA) is 63.9 Å². The van der Waals surface area contributed by atoms with Crippen molar-refractivity contribution < 1.29 is 4.79 Å². The lowest BCUT2D eigenvalue weighted by Gasteiger charge is -2.45. The molecule has 2 aliphatic rings. The van der Waals surface area contributed by atoms with Crippen molar-refractivity contribution in [2.45, 2.75) is 44.8 Å². The van der Waals surface area contributed by atoms with E-state index in [2.05, 4.69) is 19.7 Å². The van der Waals surface area contributed by atoms with E-state index in [4.69, 9.17) is 23.2 Å². The number of aryl methyl sites for hydroxylation is 1. The summed E-state index contributed by atoms with van der Waals surface area (Å²) in [5.74, 6) is 1.50. The van der Waals surface area contributed by atoms with E-state index in [0.717, 1.165) is 42.3 Å². The van der Waals surface area contributed by atoms with Crippen LogP contribution >= 0.6 is 23.2 Å². The first-order chi connectivity index (χ1) is 14.0. The highest BCUT2D eigenvalue weighted by Crippen LogP contribution is 2.41. The molecular weight excluding hydrogens is 409 g/mol. The number of pyridine rings is 1. The molecule has 1 aromatic carbocycles. The second kappa shape index (κ2) is 7.11. The Morgan fingerprint density at radius 1 is 1.14 bits per heavy atom. The van der Waals surface area contributed by atoms with Crippen LogP contribution in [0.1, 0.15) is 47.2 Å². The van der Waals surface area contributed by atoms with Crippen LogP contribution in [0.4, 0.5) is 0 Å². The van der Waals surface area contributed by atoms with Crippen LogP contribution < -0.4 is 0 Å². The summed E-state index contributed by atoms with van der Waals surface area (Å²) in [6, 6.07) is 10.8. The average molecular weight is 428 g/mol. The van der Waals surface area contributed by atoms with Crippen LogP contribution in [-0.2, 0) is 6.54 Å². The third-order valence-electron chi connectivity index (χ3n) is 5.73. The van der Waals surface area contributed by atoms with Crippen LogP contribution in [0.5, 0.6) is 0 Å². The van der Waals surface area contributed by atoms with Crippen molar-refractivity contribution in [1.82, 2.24) is 24.6 Å². The van der Waals surface area contributed by atoms with Gasteiger partial charge in [-0.2, -0.15) is 0 Å². The van der Waals surface area contributed by atoms with Gasteiger partial charge in [0.1, 0.15) is 5.69 Å². The van der Waals surface area contributed by atoms with Gasteiger partial charge in [0.05, 0.1) is 22.7 Å². The fraction of sp³-hybridized carbons (Fsp3) is 0.333. The largest absolute Gasteiger partial charge is 0.324 e. The van der Waals surface area contributed by atoms with Gasteiger partial charge in [0.2, 0.25) is 0 Å². The Morgan fingerprint density at radius 3 is 2.79 bits per heavy atom. The van der Waals surface area contributed by atoms with Gasteiger partial charge in [0.25, 0.3) is 5.91 Å². The monoisotopic (exact) mass is 427 g/mol. The number of nitrogens with zero attached hydrogens (tertiary/aromatic N) is 5. The lowest BCUT2D eigenvalue weighted by Crippen LogP contribution is -2.52. The Labute approximate surface area is 178 Å². The number of carbonyl (C=O) groups excluding carboxylic acids is 1. The maximum Gasteiger partial charge on any atom is 0.256 e. The molecule has 6 nitrogen and oxygen atoms in total. The first kappa shape index (κ1) is 18.6. The lowest BCUT2D eigenvalue weighted by molar-refractivity contribution is 0.0289. The smallest absolute Gasteiger partial charge is 0.256 e. The second-order valence-corrected chi connectivity index (χ2v) is 8.44. The number of fused-ring (bicyclic) bond motifs is 4. The van der Waals surface area contributed by atoms with Crippen LogP contribution in [-0.4, -0.2) is 36.6 Å². The molecule has 0 aliphatic carbocycles. The maximum absolute atomic E-state index is 13.4. The lowest BCUT2D eigenvalue weighted by atomic mass is 9.91. The normalized spacial score (nSPS) is 20.4. The minimum atomic E-state index is -0.118. The minimum absolute atomic E-state index is 0.0695. The van der Waals surface area contributed by atoms with E-state index >= 15 is 0 Å². The van der Waals surface area contributed by atoms with Crippen molar-refractivity contribution in [3.05, 3.63) is 63.5 Å². The molecule has 2 aromatic heterocycles. The molecule has 4 heterocycles. The van der Waals surface area contributed by atoms with Crippen molar-refractivity contribution in [2.24, 2.45) is 0 Å². The number of rotatable bonds is 2. The van der Waals surface area contributed by atoms with Crippen LogP contribution in [0, 0.1) is 6.92 Å². The first-order valence-electron chi connectivity index (χ1n) is 9.68. The molecule has 0 spiro atoms. The number of hydrogen-bond acceptors (Lipinski definition) is 4. The number of benzene rings is 1. The highest BCUT2D eigenvalue weighted by molar-refractivity contribution is 6.36. The van der Waals surface area contributed by atoms with Gasteiger partial charge in [-0.1, -0.05) is 29.3 Å². The van der Waals surface area contributed by atoms with Crippen molar-refractivity contribution >= 4 is 29.1 Å². The van der Waals surface area contributed by atoms with Crippen LogP contribution in [0.3, 0.4) is 0 Å². The van der Waals surface area contributed by atoms with E-state index in [1.54, 1.807) is 18.2 Å². The minimum Gasteiger partial charge on any atom is -0.324 e. The van der Waals surface area contributed by atoms with E-state index in [1.807, 2.05) is 30.0 Å². The van der Waals surface area contributed by atoms with Crippen LogP contribution in [0.15, 0.2) is 36.4 Å². The van der Waals surface area contributed by atoms with E-state index in [9.17, 15) is 4.79 Å². The number of halogens is 2. The summed E-state index contributed by atoms with van der Waals surface area (Å²) in [4.78, 5) is 20.0. The molecule has 148 valence electrons. The molecule has 2 bridgehead atoms. The molecular formula is C21H19Cl2N5O. The molecule has 2 atom stereocenters. The number of hydrogen-bond donors (Lipinski definition) is 0. The molecule has 29 heavy (non-hydrogen) atoms. The summed E-state index contributed by atoms with van der Waals surface area (Å²) in [5, 5.41) is 9.79. The van der Waals surface area contributed by atoms with Crippen molar-refractivity contribution in [3.8, 4) is 11.5 Å². The Kier molecular flexibility index (Phi) is 4.56. The fourth-order valence-corrected chi connectivity index (χ4v) is 4.92. The van der Waals surface area contributed by atoms with E-state index in [1.165, 1.54) is 0 Å². The maximum atomic E-state index is 13.4. The number of aromatic nitrogens is 4. The van der Waals surface area contributed by atoms with E-state index in [0.29, 0.717) is 22.2 Å². The zero-order valence-corrected chi connectivity index (χ0v) is 17.4. The summed E-state index contributed by atoms with van der Waals surface area (Å²) >= 11 is 12.3. The van der Waals surface area contributed by atoms with Gasteiger partial charge in [0.15, 0.2) is 11.6 Å². The Balaban J connectivity index is 1.55. The predicted octanol–water partition coefficient (Wildman–Crippen LogP) is 4.70. The summed E-state index contributed by atoms with van der Waals surface area (Å²) < 4.78 is 2.13. The second-order valence-electron chi connectivity index (χ2n) is 7.59. The summed E-state index contributed by atoms with van der Waals surface area (Å²) in [6.07, 6.45) is 2.84. The highest BCUT2D eigenvalue weighted by atomic mass is 35.5. The van der Waals surface area contributed by atoms with Crippen LogP contribution in [0.2, 0.25) is 10.0 Å². The molecule has 8 heteroatoms. The Hall–Kier alpha value is -2.44. The molecule has 5 rings (SSSR count). The molecule has 1 fully saturated rings. The molecule has 1 saturated heterocycles. The van der Waals surface area contributed by atoms with Gasteiger partial charge < -0.3 is 9.47 Å². The van der Waals surface area contributed by atoms with Gasteiger partial charge in [0, 0.05) is 17.3 Å². The molecule has 0 radical (unpaired) electrons. The van der Waals surface area contributed by atoms with Crippen molar-refractivity contribution in [3.63, 3.8) is 0 Å².